The molecule has 2 aromatic carbocycles. The van der Waals surface area contributed by atoms with Crippen LogP contribution in [-0.4, -0.2) is 77.3 Å². The zero-order valence-electron chi connectivity index (χ0n) is 25.2. The number of aromatic hydroxyl groups is 1. The van der Waals surface area contributed by atoms with Gasteiger partial charge in [-0.2, -0.15) is 0 Å². The van der Waals surface area contributed by atoms with Crippen LogP contribution in [0.15, 0.2) is 42.0 Å². The molecule has 0 aromatic heterocycles. The first-order valence-electron chi connectivity index (χ1n) is 13.8. The van der Waals surface area contributed by atoms with Crippen molar-refractivity contribution < 1.29 is 53.1 Å². The van der Waals surface area contributed by atoms with Gasteiger partial charge in [0.2, 0.25) is 6.29 Å². The highest BCUT2D eigenvalue weighted by Gasteiger charge is 2.53. The number of nitrogens with two attached hydrogens (primary N) is 1. The van der Waals surface area contributed by atoms with Crippen molar-refractivity contribution in [3.05, 3.63) is 64.2 Å². The molecule has 2 aliphatic rings. The average molecular weight is 613 g/mol. The molecule has 2 aromatic rings. The summed E-state index contributed by atoms with van der Waals surface area (Å²) in [6, 6.07) is 5.41. The summed E-state index contributed by atoms with van der Waals surface area (Å²) in [5.41, 5.74) is 6.05. The van der Waals surface area contributed by atoms with Crippen LogP contribution in [0.2, 0.25) is 0 Å². The molecule has 44 heavy (non-hydrogen) atoms. The SMILES string of the molecule is CO[C@@H]1[C@@H](OC(N)=O)[C@H](O)[C@H](Oc2ccc3c(c2C)OC(=O)C(NC(=O)c2ccc(O)c(CC=C(C)C)c2)C3=O)OC1(C)C. The van der Waals surface area contributed by atoms with Crippen molar-refractivity contribution in [2.45, 2.75) is 77.3 Å². The topological polar surface area (TPSA) is 193 Å². The quantitative estimate of drug-likeness (QED) is 0.148. The first kappa shape index (κ1) is 32.5. The van der Waals surface area contributed by atoms with Crippen LogP contribution >= 0.6 is 0 Å². The number of nitrogens with one attached hydrogen (secondary N) is 1. The number of methoxy groups -OCH3 is 1. The van der Waals surface area contributed by atoms with Gasteiger partial charge in [0.1, 0.15) is 23.4 Å². The molecule has 2 aliphatic heterocycles. The number of fused-ring (bicyclic) bond motifs is 1. The number of amides is 2. The van der Waals surface area contributed by atoms with Crippen molar-refractivity contribution in [1.29, 1.82) is 0 Å². The number of primary amides is 1. The number of hydrogen-bond acceptors (Lipinski definition) is 11. The molecule has 4 rings (SSSR count). The summed E-state index contributed by atoms with van der Waals surface area (Å²) in [5.74, 6) is -2.37. The Labute approximate surface area is 253 Å². The maximum atomic E-state index is 13.4. The molecule has 5 atom stereocenters. The van der Waals surface area contributed by atoms with Crippen molar-refractivity contribution in [2.24, 2.45) is 5.73 Å². The number of carbonyl (C=O) groups excluding carboxylic acids is 4. The molecule has 1 fully saturated rings. The summed E-state index contributed by atoms with van der Waals surface area (Å²) in [5, 5.41) is 23.5. The third-order valence-corrected chi connectivity index (χ3v) is 7.44. The number of phenolic OH excluding ortho intramolecular Hbond substituents is 1. The Morgan fingerprint density at radius 2 is 1.86 bits per heavy atom. The van der Waals surface area contributed by atoms with Crippen molar-refractivity contribution in [3.63, 3.8) is 0 Å². The summed E-state index contributed by atoms with van der Waals surface area (Å²) in [4.78, 5) is 50.8. The van der Waals surface area contributed by atoms with E-state index in [2.05, 4.69) is 5.32 Å². The third kappa shape index (κ3) is 6.54. The largest absolute Gasteiger partial charge is 0.508 e. The van der Waals surface area contributed by atoms with Crippen LogP contribution in [0.5, 0.6) is 17.2 Å². The van der Waals surface area contributed by atoms with Crippen LogP contribution in [0.1, 0.15) is 59.5 Å². The van der Waals surface area contributed by atoms with Crippen molar-refractivity contribution in [3.8, 4) is 17.2 Å². The van der Waals surface area contributed by atoms with Crippen molar-refractivity contribution in [2.75, 3.05) is 7.11 Å². The van der Waals surface area contributed by atoms with E-state index < -0.39 is 60.0 Å². The number of rotatable bonds is 8. The van der Waals surface area contributed by atoms with E-state index in [1.165, 1.54) is 44.4 Å². The van der Waals surface area contributed by atoms with E-state index >= 15 is 0 Å². The number of aliphatic hydroxyl groups excluding tert-OH is 1. The van der Waals surface area contributed by atoms with Gasteiger partial charge >= 0.3 is 12.1 Å². The van der Waals surface area contributed by atoms with Gasteiger partial charge in [0.25, 0.3) is 5.91 Å². The fraction of sp³-hybridized carbons (Fsp3) is 0.419. The molecule has 236 valence electrons. The monoisotopic (exact) mass is 612 g/mol. The summed E-state index contributed by atoms with van der Waals surface area (Å²) in [6.07, 6.45) is -3.85. The average Bonchev–Trinajstić information content (AvgIpc) is 2.94. The molecule has 2 heterocycles. The Kier molecular flexibility index (Phi) is 9.33. The number of aliphatic hydroxyl groups is 1. The Morgan fingerprint density at radius 3 is 2.50 bits per heavy atom. The van der Waals surface area contributed by atoms with Crippen LogP contribution in [0, 0.1) is 6.92 Å². The van der Waals surface area contributed by atoms with Crippen LogP contribution in [0.25, 0.3) is 0 Å². The molecule has 0 bridgehead atoms. The standard InChI is InChI=1S/C31H36N2O11/c1-14(2)7-8-16-13-17(9-11-19(16)34)27(37)33-21-22(35)18-10-12-20(15(3)24(18)42-28(21)38)41-29-23(36)25(43-30(32)39)26(40-6)31(4,5)44-29/h7,9-13,21,23,25-26,29,34,36H,8H2,1-6H3,(H2,32,39)(H,33,37)/t21?,23-,25-,26+,29+/m0/s1. The summed E-state index contributed by atoms with van der Waals surface area (Å²) < 4.78 is 27.8. The summed E-state index contributed by atoms with van der Waals surface area (Å²) in [6.45, 7) is 8.65. The lowest BCUT2D eigenvalue weighted by Crippen LogP contribution is -2.65. The lowest BCUT2D eigenvalue weighted by molar-refractivity contribution is -0.304. The first-order chi connectivity index (χ1) is 20.6. The van der Waals surface area contributed by atoms with Gasteiger partial charge in [-0.3, -0.25) is 9.59 Å². The van der Waals surface area contributed by atoms with Crippen LogP contribution in [0.4, 0.5) is 4.79 Å². The molecule has 0 saturated carbocycles. The van der Waals surface area contributed by atoms with Gasteiger partial charge in [-0.05, 0) is 76.9 Å². The lowest BCUT2D eigenvalue weighted by Gasteiger charge is -2.47. The molecule has 1 unspecified atom stereocenters. The number of ether oxygens (including phenoxy) is 5. The number of ketones is 1. The molecular weight excluding hydrogens is 576 g/mol. The molecule has 1 saturated heterocycles. The predicted molar refractivity (Wildman–Crippen MR) is 154 cm³/mol. The Hall–Kier alpha value is -4.46. The van der Waals surface area contributed by atoms with Gasteiger partial charge in [0.15, 0.2) is 24.0 Å². The lowest BCUT2D eigenvalue weighted by atomic mass is 9.89. The molecular formula is C31H36N2O11. The van der Waals surface area contributed by atoms with E-state index in [1.54, 1.807) is 13.8 Å². The smallest absolute Gasteiger partial charge is 0.404 e. The molecule has 2 amide bonds. The van der Waals surface area contributed by atoms with Gasteiger partial charge in [0, 0.05) is 18.2 Å². The summed E-state index contributed by atoms with van der Waals surface area (Å²) in [7, 11) is 1.36. The zero-order chi connectivity index (χ0) is 32.5. The minimum absolute atomic E-state index is 0.0127. The van der Waals surface area contributed by atoms with E-state index in [0.717, 1.165) is 5.57 Å². The molecule has 13 heteroatoms. The van der Waals surface area contributed by atoms with Crippen LogP contribution < -0.4 is 20.5 Å². The second kappa shape index (κ2) is 12.6. The molecule has 0 radical (unpaired) electrons. The fourth-order valence-corrected chi connectivity index (χ4v) is 5.16. The van der Waals surface area contributed by atoms with Crippen LogP contribution in [-0.2, 0) is 25.4 Å². The highest BCUT2D eigenvalue weighted by molar-refractivity contribution is 6.19. The summed E-state index contributed by atoms with van der Waals surface area (Å²) >= 11 is 0. The number of hydrogen-bond donors (Lipinski definition) is 4. The Bertz CT molecular complexity index is 1510. The number of allylic oxidation sites excluding steroid dienone is 2. The van der Waals surface area contributed by atoms with Gasteiger partial charge in [0.05, 0.1) is 11.2 Å². The minimum Gasteiger partial charge on any atom is -0.508 e. The highest BCUT2D eigenvalue weighted by Crippen LogP contribution is 2.39. The predicted octanol–water partition coefficient (Wildman–Crippen LogP) is 2.46. The van der Waals surface area contributed by atoms with E-state index in [0.29, 0.717) is 12.0 Å². The van der Waals surface area contributed by atoms with Gasteiger partial charge < -0.3 is 44.9 Å². The number of phenols is 1. The molecule has 13 nitrogen and oxygen atoms in total. The van der Waals surface area contributed by atoms with Gasteiger partial charge in [-0.15, -0.1) is 0 Å². The Morgan fingerprint density at radius 1 is 1.16 bits per heavy atom. The van der Waals surface area contributed by atoms with Crippen LogP contribution in [0.3, 0.4) is 0 Å². The number of carbonyl (C=O) groups is 4. The second-order valence-electron chi connectivity index (χ2n) is 11.3. The Balaban J connectivity index is 1.54. The van der Waals surface area contributed by atoms with E-state index in [4.69, 9.17) is 29.4 Å². The molecule has 0 spiro atoms. The highest BCUT2D eigenvalue weighted by atomic mass is 16.7. The van der Waals surface area contributed by atoms with Crippen molar-refractivity contribution >= 4 is 23.8 Å². The maximum absolute atomic E-state index is 13.4. The fourth-order valence-electron chi connectivity index (χ4n) is 5.16. The number of Topliss-reactive ketones (excluding diaryl/α,β-unsaturated/α-hetero) is 1. The first-order valence-corrected chi connectivity index (χ1v) is 13.8. The van der Waals surface area contributed by atoms with Gasteiger partial charge in [-0.1, -0.05) is 11.6 Å². The molecule has 0 aliphatic carbocycles. The van der Waals surface area contributed by atoms with Crippen molar-refractivity contribution in [1.82, 2.24) is 5.32 Å². The van der Waals surface area contributed by atoms with E-state index in [-0.39, 0.29) is 33.9 Å². The molecule has 5 N–H and O–H groups in total. The zero-order valence-corrected chi connectivity index (χ0v) is 25.2. The van der Waals surface area contributed by atoms with Gasteiger partial charge in [-0.25, -0.2) is 9.59 Å². The number of benzene rings is 2. The number of esters is 1. The van der Waals surface area contributed by atoms with E-state index in [9.17, 15) is 29.4 Å². The minimum atomic E-state index is -1.61. The van der Waals surface area contributed by atoms with E-state index in [1.807, 2.05) is 19.9 Å². The normalized spacial score (nSPS) is 24.0. The maximum Gasteiger partial charge on any atom is 0.404 e. The second-order valence-corrected chi connectivity index (χ2v) is 11.3. The third-order valence-electron chi connectivity index (χ3n) is 7.44.